The van der Waals surface area contributed by atoms with Gasteiger partial charge >= 0.3 is 0 Å². The fourth-order valence-corrected chi connectivity index (χ4v) is 2.64. The number of fused-ring (bicyclic) bond motifs is 2. The third-order valence-corrected chi connectivity index (χ3v) is 3.54. The highest BCUT2D eigenvalue weighted by molar-refractivity contribution is 6.30. The summed E-state index contributed by atoms with van der Waals surface area (Å²) >= 11 is 0. The Morgan fingerprint density at radius 3 is 2.06 bits per heavy atom. The predicted molar refractivity (Wildman–Crippen MR) is 71.7 cm³/mol. The van der Waals surface area contributed by atoms with Crippen molar-refractivity contribution in [1.82, 2.24) is 0 Å². The lowest BCUT2D eigenvalue weighted by molar-refractivity contribution is 0.103. The van der Waals surface area contributed by atoms with E-state index in [2.05, 4.69) is 0 Å². The molecule has 0 spiro atoms. The lowest BCUT2D eigenvalue weighted by Gasteiger charge is -2.22. The van der Waals surface area contributed by atoms with Crippen molar-refractivity contribution in [2.45, 2.75) is 13.8 Å². The summed E-state index contributed by atoms with van der Waals surface area (Å²) in [5.41, 5.74) is 5.25. The van der Waals surface area contributed by atoms with Crippen LogP contribution in [0.15, 0.2) is 36.4 Å². The van der Waals surface area contributed by atoms with Gasteiger partial charge in [-0.3, -0.25) is 10.2 Å². The molecule has 0 amide bonds. The Labute approximate surface area is 106 Å². The van der Waals surface area contributed by atoms with E-state index < -0.39 is 0 Å². The normalized spacial score (nSPS) is 13.2. The molecule has 3 rings (SSSR count). The molecule has 2 heteroatoms. The van der Waals surface area contributed by atoms with Gasteiger partial charge in [-0.05, 0) is 25.0 Å². The van der Waals surface area contributed by atoms with E-state index in [0.29, 0.717) is 16.8 Å². The van der Waals surface area contributed by atoms with Crippen LogP contribution < -0.4 is 0 Å². The first kappa shape index (κ1) is 10.9. The third kappa shape index (κ3) is 1.29. The zero-order valence-electron chi connectivity index (χ0n) is 10.4. The average molecular weight is 235 g/mol. The van der Waals surface area contributed by atoms with Gasteiger partial charge < -0.3 is 0 Å². The molecule has 2 aromatic rings. The molecule has 0 radical (unpaired) electrons. The van der Waals surface area contributed by atoms with Gasteiger partial charge in [0.25, 0.3) is 0 Å². The lowest BCUT2D eigenvalue weighted by atomic mass is 9.80. The minimum atomic E-state index is 0.0396. The van der Waals surface area contributed by atoms with Gasteiger partial charge in [-0.25, -0.2) is 0 Å². The van der Waals surface area contributed by atoms with E-state index in [4.69, 9.17) is 5.41 Å². The van der Waals surface area contributed by atoms with Gasteiger partial charge in [0.15, 0.2) is 5.78 Å². The molecule has 1 aliphatic rings. The molecule has 2 nitrogen and oxygen atoms in total. The van der Waals surface area contributed by atoms with Crippen molar-refractivity contribution < 1.29 is 4.79 Å². The second kappa shape index (κ2) is 3.64. The van der Waals surface area contributed by atoms with Crippen LogP contribution >= 0.6 is 0 Å². The summed E-state index contributed by atoms with van der Waals surface area (Å²) in [6.07, 6.45) is 0. The molecule has 0 unspecified atom stereocenters. The predicted octanol–water partition coefficient (Wildman–Crippen LogP) is 3.26. The molecule has 0 aromatic heterocycles. The van der Waals surface area contributed by atoms with Gasteiger partial charge in [0.2, 0.25) is 0 Å². The van der Waals surface area contributed by atoms with E-state index in [1.165, 1.54) is 0 Å². The molecule has 18 heavy (non-hydrogen) atoms. The van der Waals surface area contributed by atoms with E-state index in [1.54, 1.807) is 0 Å². The Morgan fingerprint density at radius 1 is 0.833 bits per heavy atom. The van der Waals surface area contributed by atoms with Gasteiger partial charge in [-0.2, -0.15) is 0 Å². The number of hydrogen-bond acceptors (Lipinski definition) is 2. The molecule has 88 valence electrons. The van der Waals surface area contributed by atoms with Gasteiger partial charge in [0, 0.05) is 22.3 Å². The zero-order chi connectivity index (χ0) is 12.9. The molecule has 0 saturated heterocycles. The number of aryl methyl sites for hydroxylation is 2. The number of carbonyl (C=O) groups is 1. The summed E-state index contributed by atoms with van der Waals surface area (Å²) in [7, 11) is 0. The molecule has 0 bridgehead atoms. The van der Waals surface area contributed by atoms with Crippen LogP contribution in [0.3, 0.4) is 0 Å². The number of benzene rings is 2. The topological polar surface area (TPSA) is 40.9 Å². The Balaban J connectivity index is 2.40. The highest BCUT2D eigenvalue weighted by Gasteiger charge is 2.29. The Morgan fingerprint density at radius 2 is 1.39 bits per heavy atom. The average Bonchev–Trinajstić information content (AvgIpc) is 2.35. The summed E-state index contributed by atoms with van der Waals surface area (Å²) in [6, 6.07) is 11.3. The van der Waals surface area contributed by atoms with Gasteiger partial charge in [0.1, 0.15) is 0 Å². The van der Waals surface area contributed by atoms with Crippen molar-refractivity contribution in [2.75, 3.05) is 0 Å². The lowest BCUT2D eigenvalue weighted by Crippen LogP contribution is -2.22. The van der Waals surface area contributed by atoms with Gasteiger partial charge in [0.05, 0.1) is 5.71 Å². The fraction of sp³-hybridized carbons (Fsp3) is 0.125. The number of hydrogen-bond donors (Lipinski definition) is 1. The quantitative estimate of drug-likeness (QED) is 0.638. The van der Waals surface area contributed by atoms with E-state index in [9.17, 15) is 4.79 Å². The fourth-order valence-electron chi connectivity index (χ4n) is 2.64. The van der Waals surface area contributed by atoms with E-state index >= 15 is 0 Å². The maximum Gasteiger partial charge on any atom is 0.194 e. The van der Waals surface area contributed by atoms with Crippen molar-refractivity contribution in [3.05, 3.63) is 69.8 Å². The molecule has 0 aliphatic heterocycles. The third-order valence-electron chi connectivity index (χ3n) is 3.54. The Kier molecular flexibility index (Phi) is 2.20. The van der Waals surface area contributed by atoms with Crippen LogP contribution in [-0.4, -0.2) is 11.5 Å². The highest BCUT2D eigenvalue weighted by atomic mass is 16.1. The molecule has 0 fully saturated rings. The summed E-state index contributed by atoms with van der Waals surface area (Å²) in [5.74, 6) is 0.0396. The second-order valence-corrected chi connectivity index (χ2v) is 4.70. The van der Waals surface area contributed by atoms with Crippen molar-refractivity contribution in [1.29, 1.82) is 5.41 Å². The minimum Gasteiger partial charge on any atom is -0.300 e. The first-order chi connectivity index (χ1) is 8.61. The van der Waals surface area contributed by atoms with E-state index in [-0.39, 0.29) is 5.78 Å². The molecule has 2 aromatic carbocycles. The van der Waals surface area contributed by atoms with Crippen LogP contribution in [0.4, 0.5) is 0 Å². The van der Waals surface area contributed by atoms with Crippen molar-refractivity contribution in [3.63, 3.8) is 0 Å². The highest BCUT2D eigenvalue weighted by Crippen LogP contribution is 2.30. The molecule has 1 N–H and O–H groups in total. The summed E-state index contributed by atoms with van der Waals surface area (Å²) < 4.78 is 0. The van der Waals surface area contributed by atoms with Gasteiger partial charge in [-0.1, -0.05) is 36.4 Å². The standard InChI is InChI=1S/C16H13NO/c1-9-5-4-8-12-13(9)15(17)11-7-3-6-10(2)14(11)16(12)18/h3-8,17H,1-2H3. The zero-order valence-corrected chi connectivity index (χ0v) is 10.4. The summed E-state index contributed by atoms with van der Waals surface area (Å²) in [6.45, 7) is 3.87. The van der Waals surface area contributed by atoms with Crippen LogP contribution in [-0.2, 0) is 0 Å². The first-order valence-corrected chi connectivity index (χ1v) is 5.94. The number of nitrogens with one attached hydrogen (secondary N) is 1. The number of ketones is 1. The van der Waals surface area contributed by atoms with Crippen molar-refractivity contribution in [3.8, 4) is 0 Å². The van der Waals surface area contributed by atoms with Gasteiger partial charge in [-0.15, -0.1) is 0 Å². The Bertz CT molecular complexity index is 637. The van der Waals surface area contributed by atoms with Crippen LogP contribution in [0.1, 0.15) is 38.2 Å². The van der Waals surface area contributed by atoms with Crippen molar-refractivity contribution >= 4 is 11.5 Å². The van der Waals surface area contributed by atoms with Crippen LogP contribution in [0, 0.1) is 19.3 Å². The number of carbonyl (C=O) groups excluding carboxylic acids is 1. The van der Waals surface area contributed by atoms with Crippen LogP contribution in [0.2, 0.25) is 0 Å². The van der Waals surface area contributed by atoms with Crippen LogP contribution in [0.5, 0.6) is 0 Å². The minimum absolute atomic E-state index is 0.0396. The first-order valence-electron chi connectivity index (χ1n) is 5.94. The monoisotopic (exact) mass is 235 g/mol. The maximum atomic E-state index is 12.5. The molecule has 1 aliphatic carbocycles. The summed E-state index contributed by atoms with van der Waals surface area (Å²) in [4.78, 5) is 12.5. The van der Waals surface area contributed by atoms with E-state index in [0.717, 1.165) is 22.3 Å². The smallest absolute Gasteiger partial charge is 0.194 e. The second-order valence-electron chi connectivity index (χ2n) is 4.70. The SMILES string of the molecule is Cc1cccc2c1C(=N)c1cccc(C)c1C2=O. The molecular formula is C16H13NO. The van der Waals surface area contributed by atoms with Crippen molar-refractivity contribution in [2.24, 2.45) is 0 Å². The summed E-state index contributed by atoms with van der Waals surface area (Å²) in [5, 5.41) is 8.33. The maximum absolute atomic E-state index is 12.5. The molecule has 0 heterocycles. The van der Waals surface area contributed by atoms with E-state index in [1.807, 2.05) is 50.2 Å². The molecule has 0 atom stereocenters. The van der Waals surface area contributed by atoms with Crippen LogP contribution in [0.25, 0.3) is 0 Å². The molecule has 0 saturated carbocycles. The Hall–Kier alpha value is -2.22. The number of rotatable bonds is 0. The largest absolute Gasteiger partial charge is 0.300 e. The molecular weight excluding hydrogens is 222 g/mol.